The molecule has 0 unspecified atom stereocenters. The van der Waals surface area contributed by atoms with Gasteiger partial charge in [0.15, 0.2) is 6.61 Å². The molecule has 1 aliphatic carbocycles. The van der Waals surface area contributed by atoms with Crippen LogP contribution in [0, 0.1) is 11.3 Å². The first-order chi connectivity index (χ1) is 13.5. The number of nitrogens with one attached hydrogen (secondary N) is 1. The number of hydrogen-bond donors (Lipinski definition) is 1. The van der Waals surface area contributed by atoms with Gasteiger partial charge in [-0.3, -0.25) is 4.79 Å². The minimum atomic E-state index is -0.802. The maximum atomic E-state index is 12.1. The van der Waals surface area contributed by atoms with Crippen molar-refractivity contribution in [1.29, 1.82) is 5.26 Å². The van der Waals surface area contributed by atoms with Crippen molar-refractivity contribution in [2.75, 3.05) is 32.1 Å². The van der Waals surface area contributed by atoms with Gasteiger partial charge in [-0.25, -0.2) is 4.79 Å². The first kappa shape index (κ1) is 21.2. The van der Waals surface area contributed by atoms with Crippen molar-refractivity contribution in [2.45, 2.75) is 32.1 Å². The molecule has 28 heavy (non-hydrogen) atoms. The van der Waals surface area contributed by atoms with Gasteiger partial charge in [0.05, 0.1) is 0 Å². The summed E-state index contributed by atoms with van der Waals surface area (Å²) in [6, 6.07) is 9.24. The predicted octanol–water partition coefficient (Wildman–Crippen LogP) is 3.21. The number of amides is 1. The van der Waals surface area contributed by atoms with Crippen LogP contribution < -0.4 is 10.2 Å². The second kappa shape index (κ2) is 10.9. The summed E-state index contributed by atoms with van der Waals surface area (Å²) in [6.07, 6.45) is 9.17. The number of carbonyl (C=O) groups excluding carboxylic acids is 2. The Morgan fingerprint density at radius 3 is 2.61 bits per heavy atom. The largest absolute Gasteiger partial charge is 0.451 e. The molecule has 0 saturated carbocycles. The molecule has 6 nitrogen and oxygen atoms in total. The van der Waals surface area contributed by atoms with E-state index in [1.54, 1.807) is 0 Å². The van der Waals surface area contributed by atoms with E-state index in [4.69, 9.17) is 4.74 Å². The van der Waals surface area contributed by atoms with Crippen LogP contribution in [0.3, 0.4) is 0 Å². The third-order valence-corrected chi connectivity index (χ3v) is 4.55. The summed E-state index contributed by atoms with van der Waals surface area (Å²) in [6.45, 7) is 0.137. The molecule has 0 saturated heterocycles. The Kier molecular flexibility index (Phi) is 8.29. The Hall–Kier alpha value is -3.07. The second-order valence-corrected chi connectivity index (χ2v) is 6.94. The lowest BCUT2D eigenvalue weighted by molar-refractivity contribution is -0.144. The number of nitriles is 1. The smallest absolute Gasteiger partial charge is 0.349 e. The molecule has 1 aromatic rings. The van der Waals surface area contributed by atoms with Crippen LogP contribution >= 0.6 is 0 Å². The van der Waals surface area contributed by atoms with E-state index in [9.17, 15) is 14.9 Å². The summed E-state index contributed by atoms with van der Waals surface area (Å²) in [7, 11) is 3.86. The highest BCUT2D eigenvalue weighted by atomic mass is 16.5. The maximum absolute atomic E-state index is 12.1. The van der Waals surface area contributed by atoms with E-state index in [0.717, 1.165) is 24.9 Å². The molecule has 0 radical (unpaired) electrons. The third kappa shape index (κ3) is 6.92. The topological polar surface area (TPSA) is 82.4 Å². The number of rotatable bonds is 8. The molecular weight excluding hydrogens is 354 g/mol. The molecule has 1 amide bonds. The summed E-state index contributed by atoms with van der Waals surface area (Å²) in [5.41, 5.74) is 2.96. The number of allylic oxidation sites excluding steroid dienone is 1. The zero-order valence-corrected chi connectivity index (χ0v) is 16.5. The quantitative estimate of drug-likeness (QED) is 0.324. The predicted molar refractivity (Wildman–Crippen MR) is 109 cm³/mol. The Balaban J connectivity index is 1.80. The highest BCUT2D eigenvalue weighted by molar-refractivity contribution is 5.98. The van der Waals surface area contributed by atoms with Gasteiger partial charge >= 0.3 is 5.97 Å². The van der Waals surface area contributed by atoms with Crippen LogP contribution in [-0.4, -0.2) is 39.1 Å². The number of carbonyl (C=O) groups is 2. The molecule has 1 aliphatic rings. The van der Waals surface area contributed by atoms with Crippen LogP contribution in [-0.2, 0) is 14.3 Å². The molecule has 0 aliphatic heterocycles. The van der Waals surface area contributed by atoms with E-state index < -0.39 is 12.6 Å². The van der Waals surface area contributed by atoms with E-state index in [2.05, 4.69) is 11.4 Å². The van der Waals surface area contributed by atoms with Gasteiger partial charge < -0.3 is 15.0 Å². The minimum absolute atomic E-state index is 0.141. The summed E-state index contributed by atoms with van der Waals surface area (Å²) in [5.74, 6) is -1.17. The standard InChI is InChI=1S/C22H27N3O3/c1-25(2)20-10-8-18(9-11-20)14-19(15-23)22(27)28-16-21(26)24-13-12-17-6-4-3-5-7-17/h6,8-11,14H,3-5,7,12-13,16H2,1-2H3,(H,24,26). The molecule has 0 atom stereocenters. The van der Waals surface area contributed by atoms with Gasteiger partial charge in [0.2, 0.25) is 0 Å². The molecule has 6 heteroatoms. The number of benzene rings is 1. The number of anilines is 1. The average molecular weight is 381 g/mol. The van der Waals surface area contributed by atoms with E-state index in [1.807, 2.05) is 49.3 Å². The lowest BCUT2D eigenvalue weighted by Crippen LogP contribution is -2.30. The monoisotopic (exact) mass is 381 g/mol. The summed E-state index contributed by atoms with van der Waals surface area (Å²) < 4.78 is 4.97. The number of hydrogen-bond acceptors (Lipinski definition) is 5. The molecule has 0 bridgehead atoms. The van der Waals surface area contributed by atoms with Gasteiger partial charge in [-0.1, -0.05) is 23.8 Å². The van der Waals surface area contributed by atoms with Crippen molar-refractivity contribution in [3.05, 3.63) is 47.1 Å². The Morgan fingerprint density at radius 2 is 2.00 bits per heavy atom. The molecule has 0 aromatic heterocycles. The van der Waals surface area contributed by atoms with Crippen LogP contribution in [0.25, 0.3) is 6.08 Å². The summed E-state index contributed by atoms with van der Waals surface area (Å²) in [5, 5.41) is 12.0. The molecule has 2 rings (SSSR count). The SMILES string of the molecule is CN(C)c1ccc(C=C(C#N)C(=O)OCC(=O)NCCC2=CCCCC2)cc1. The van der Waals surface area contributed by atoms with Crippen LogP contribution in [0.15, 0.2) is 41.5 Å². The van der Waals surface area contributed by atoms with E-state index in [-0.39, 0.29) is 11.5 Å². The minimum Gasteiger partial charge on any atom is -0.451 e. The third-order valence-electron chi connectivity index (χ3n) is 4.55. The van der Waals surface area contributed by atoms with Gasteiger partial charge in [0.25, 0.3) is 5.91 Å². The fourth-order valence-electron chi connectivity index (χ4n) is 2.93. The van der Waals surface area contributed by atoms with Crippen LogP contribution in [0.5, 0.6) is 0 Å². The van der Waals surface area contributed by atoms with Gasteiger partial charge in [-0.05, 0) is 55.9 Å². The highest BCUT2D eigenvalue weighted by Crippen LogP contribution is 2.19. The zero-order chi connectivity index (χ0) is 20.4. The van der Waals surface area contributed by atoms with Gasteiger partial charge in [-0.15, -0.1) is 0 Å². The number of nitrogens with zero attached hydrogens (tertiary/aromatic N) is 2. The normalized spacial score (nSPS) is 13.9. The lowest BCUT2D eigenvalue weighted by Gasteiger charge is -2.13. The van der Waals surface area contributed by atoms with Crippen molar-refractivity contribution in [3.63, 3.8) is 0 Å². The summed E-state index contributed by atoms with van der Waals surface area (Å²) in [4.78, 5) is 25.9. The zero-order valence-electron chi connectivity index (χ0n) is 16.5. The van der Waals surface area contributed by atoms with Crippen molar-refractivity contribution in [3.8, 4) is 6.07 Å². The van der Waals surface area contributed by atoms with E-state index in [0.29, 0.717) is 12.1 Å². The molecule has 1 aromatic carbocycles. The van der Waals surface area contributed by atoms with Gasteiger partial charge in [0, 0.05) is 26.3 Å². The maximum Gasteiger partial charge on any atom is 0.349 e. The van der Waals surface area contributed by atoms with Crippen molar-refractivity contribution < 1.29 is 14.3 Å². The molecular formula is C22H27N3O3. The molecule has 148 valence electrons. The first-order valence-electron chi connectivity index (χ1n) is 9.50. The van der Waals surface area contributed by atoms with Crippen molar-refractivity contribution in [1.82, 2.24) is 5.32 Å². The average Bonchev–Trinajstić information content (AvgIpc) is 2.71. The van der Waals surface area contributed by atoms with Crippen LogP contribution in [0.4, 0.5) is 5.69 Å². The van der Waals surface area contributed by atoms with Crippen molar-refractivity contribution >= 4 is 23.6 Å². The Bertz CT molecular complexity index is 786. The first-order valence-corrected chi connectivity index (χ1v) is 9.50. The molecule has 0 fully saturated rings. The number of esters is 1. The summed E-state index contributed by atoms with van der Waals surface area (Å²) >= 11 is 0. The fourth-order valence-corrected chi connectivity index (χ4v) is 2.93. The lowest BCUT2D eigenvalue weighted by atomic mass is 9.97. The highest BCUT2D eigenvalue weighted by Gasteiger charge is 2.13. The van der Waals surface area contributed by atoms with Gasteiger partial charge in [0.1, 0.15) is 11.6 Å². The Morgan fingerprint density at radius 1 is 1.25 bits per heavy atom. The molecule has 0 heterocycles. The fraction of sp³-hybridized carbons (Fsp3) is 0.409. The van der Waals surface area contributed by atoms with E-state index >= 15 is 0 Å². The van der Waals surface area contributed by atoms with Crippen molar-refractivity contribution in [2.24, 2.45) is 0 Å². The van der Waals surface area contributed by atoms with Crippen LogP contribution in [0.2, 0.25) is 0 Å². The number of ether oxygens (including phenoxy) is 1. The molecule has 1 N–H and O–H groups in total. The van der Waals surface area contributed by atoms with Gasteiger partial charge in [-0.2, -0.15) is 5.26 Å². The van der Waals surface area contributed by atoms with Crippen LogP contribution in [0.1, 0.15) is 37.7 Å². The van der Waals surface area contributed by atoms with E-state index in [1.165, 1.54) is 24.5 Å². The second-order valence-electron chi connectivity index (χ2n) is 6.94. The molecule has 0 spiro atoms. The Labute approximate surface area is 166 Å².